The molecule has 0 fully saturated rings. The van der Waals surface area contributed by atoms with Crippen molar-refractivity contribution in [2.45, 2.75) is 0 Å². The zero-order valence-electron chi connectivity index (χ0n) is 15.4. The van der Waals surface area contributed by atoms with Gasteiger partial charge in [0.1, 0.15) is 11.5 Å². The molecule has 0 spiro atoms. The number of nitro groups is 1. The lowest BCUT2D eigenvalue weighted by molar-refractivity contribution is -0.384. The first-order valence-corrected chi connectivity index (χ1v) is 8.69. The van der Waals surface area contributed by atoms with Crippen molar-refractivity contribution >= 4 is 5.69 Å². The van der Waals surface area contributed by atoms with Gasteiger partial charge in [-0.15, -0.1) is 0 Å². The fourth-order valence-electron chi connectivity index (χ4n) is 3.00. The van der Waals surface area contributed by atoms with Crippen LogP contribution in [0.1, 0.15) is 0 Å². The van der Waals surface area contributed by atoms with Crippen molar-refractivity contribution in [2.75, 3.05) is 7.11 Å². The Bertz CT molecular complexity index is 1170. The standard InChI is InChI=1S/C21H16N4O4/c1-29-17-6-7-18(21(26)12-17)20-13-19(14-8-10-22-11-9-14)23-24(20)15-2-4-16(5-3-15)25(27)28/h2-13,26H,1H3. The molecule has 8 nitrogen and oxygen atoms in total. The van der Waals surface area contributed by atoms with Gasteiger partial charge in [-0.2, -0.15) is 5.10 Å². The number of rotatable bonds is 5. The molecular formula is C21H16N4O4. The van der Waals surface area contributed by atoms with Crippen LogP contribution in [-0.4, -0.2) is 31.9 Å². The molecule has 4 aromatic rings. The smallest absolute Gasteiger partial charge is 0.269 e. The van der Waals surface area contributed by atoms with Crippen LogP contribution >= 0.6 is 0 Å². The quantitative estimate of drug-likeness (QED) is 0.405. The average Bonchev–Trinajstić information content (AvgIpc) is 3.19. The van der Waals surface area contributed by atoms with Crippen LogP contribution in [0.5, 0.6) is 11.5 Å². The number of hydrogen-bond donors (Lipinski definition) is 1. The summed E-state index contributed by atoms with van der Waals surface area (Å²) in [5.74, 6) is 0.565. The summed E-state index contributed by atoms with van der Waals surface area (Å²) in [7, 11) is 1.52. The van der Waals surface area contributed by atoms with E-state index < -0.39 is 4.92 Å². The molecule has 0 saturated carbocycles. The topological polar surface area (TPSA) is 103 Å². The lowest BCUT2D eigenvalue weighted by Gasteiger charge is -2.10. The molecule has 0 amide bonds. The van der Waals surface area contributed by atoms with E-state index in [4.69, 9.17) is 4.74 Å². The van der Waals surface area contributed by atoms with E-state index >= 15 is 0 Å². The predicted molar refractivity (Wildman–Crippen MR) is 107 cm³/mol. The highest BCUT2D eigenvalue weighted by molar-refractivity contribution is 5.74. The minimum absolute atomic E-state index is 0.0101. The molecule has 2 heterocycles. The molecule has 0 radical (unpaired) electrons. The fraction of sp³-hybridized carbons (Fsp3) is 0.0476. The van der Waals surface area contributed by atoms with Crippen molar-refractivity contribution in [2.24, 2.45) is 0 Å². The maximum atomic E-state index is 11.0. The molecule has 0 aliphatic carbocycles. The molecule has 1 N–H and O–H groups in total. The van der Waals surface area contributed by atoms with Crippen molar-refractivity contribution < 1.29 is 14.8 Å². The number of nitro benzene ring substituents is 1. The zero-order chi connectivity index (χ0) is 20.4. The van der Waals surface area contributed by atoms with Crippen LogP contribution in [0.3, 0.4) is 0 Å². The normalized spacial score (nSPS) is 10.7. The maximum absolute atomic E-state index is 11.0. The van der Waals surface area contributed by atoms with Gasteiger partial charge in [0.25, 0.3) is 5.69 Å². The predicted octanol–water partition coefficient (Wildman–Crippen LogP) is 4.22. The van der Waals surface area contributed by atoms with Gasteiger partial charge in [0.15, 0.2) is 0 Å². The van der Waals surface area contributed by atoms with E-state index in [-0.39, 0.29) is 11.4 Å². The SMILES string of the molecule is COc1ccc(-c2cc(-c3ccncc3)nn2-c2ccc([N+](=O)[O-])cc2)c(O)c1. The number of pyridine rings is 1. The third-order valence-electron chi connectivity index (χ3n) is 4.47. The van der Waals surface area contributed by atoms with Crippen molar-refractivity contribution in [3.05, 3.63) is 83.2 Å². The minimum Gasteiger partial charge on any atom is -0.507 e. The lowest BCUT2D eigenvalue weighted by atomic mass is 10.1. The second kappa shape index (κ2) is 7.43. The second-order valence-corrected chi connectivity index (χ2v) is 6.22. The molecular weight excluding hydrogens is 372 g/mol. The molecule has 0 aliphatic rings. The number of nitrogens with zero attached hydrogens (tertiary/aromatic N) is 4. The molecule has 0 atom stereocenters. The van der Waals surface area contributed by atoms with Gasteiger partial charge in [0.2, 0.25) is 0 Å². The molecule has 2 aromatic heterocycles. The second-order valence-electron chi connectivity index (χ2n) is 6.22. The summed E-state index contributed by atoms with van der Waals surface area (Å²) < 4.78 is 6.80. The van der Waals surface area contributed by atoms with Crippen molar-refractivity contribution in [3.8, 4) is 39.7 Å². The Balaban J connectivity index is 1.89. The summed E-state index contributed by atoms with van der Waals surface area (Å²) in [6.07, 6.45) is 3.34. The first-order chi connectivity index (χ1) is 14.1. The Kier molecular flexibility index (Phi) is 4.66. The number of hydrogen-bond acceptors (Lipinski definition) is 6. The highest BCUT2D eigenvalue weighted by Gasteiger charge is 2.17. The van der Waals surface area contributed by atoms with Gasteiger partial charge in [-0.25, -0.2) is 4.68 Å². The van der Waals surface area contributed by atoms with Gasteiger partial charge in [-0.1, -0.05) is 0 Å². The Labute approximate surface area is 165 Å². The molecule has 144 valence electrons. The highest BCUT2D eigenvalue weighted by atomic mass is 16.6. The van der Waals surface area contributed by atoms with Crippen LogP contribution in [0.15, 0.2) is 73.1 Å². The lowest BCUT2D eigenvalue weighted by Crippen LogP contribution is -2.00. The summed E-state index contributed by atoms with van der Waals surface area (Å²) in [6.45, 7) is 0. The van der Waals surface area contributed by atoms with E-state index in [2.05, 4.69) is 10.1 Å². The molecule has 0 unspecified atom stereocenters. The average molecular weight is 388 g/mol. The van der Waals surface area contributed by atoms with Crippen LogP contribution < -0.4 is 4.74 Å². The molecule has 0 aliphatic heterocycles. The van der Waals surface area contributed by atoms with Crippen LogP contribution in [-0.2, 0) is 0 Å². The van der Waals surface area contributed by atoms with E-state index in [0.29, 0.717) is 28.4 Å². The number of aromatic hydroxyl groups is 1. The number of aromatic nitrogens is 3. The van der Waals surface area contributed by atoms with E-state index in [1.54, 1.807) is 41.3 Å². The van der Waals surface area contributed by atoms with Gasteiger partial charge in [-0.05, 0) is 42.5 Å². The third-order valence-corrected chi connectivity index (χ3v) is 4.47. The van der Waals surface area contributed by atoms with Gasteiger partial charge >= 0.3 is 0 Å². The summed E-state index contributed by atoms with van der Waals surface area (Å²) in [6, 6.07) is 16.6. The van der Waals surface area contributed by atoms with Gasteiger partial charge in [-0.3, -0.25) is 15.1 Å². The van der Waals surface area contributed by atoms with E-state index in [0.717, 1.165) is 5.56 Å². The number of phenolic OH excluding ortho intramolecular Hbond substituents is 1. The van der Waals surface area contributed by atoms with Crippen LogP contribution in [0, 0.1) is 10.1 Å². The summed E-state index contributed by atoms with van der Waals surface area (Å²) in [4.78, 5) is 14.5. The van der Waals surface area contributed by atoms with Crippen molar-refractivity contribution in [1.29, 1.82) is 0 Å². The molecule has 29 heavy (non-hydrogen) atoms. The largest absolute Gasteiger partial charge is 0.507 e. The first-order valence-electron chi connectivity index (χ1n) is 8.69. The molecule has 0 saturated heterocycles. The van der Waals surface area contributed by atoms with Crippen molar-refractivity contribution in [3.63, 3.8) is 0 Å². The third kappa shape index (κ3) is 3.51. The number of phenols is 1. The zero-order valence-corrected chi connectivity index (χ0v) is 15.4. The van der Waals surface area contributed by atoms with Gasteiger partial charge < -0.3 is 9.84 Å². The van der Waals surface area contributed by atoms with Crippen molar-refractivity contribution in [1.82, 2.24) is 14.8 Å². The van der Waals surface area contributed by atoms with Crippen LogP contribution in [0.4, 0.5) is 5.69 Å². The number of benzene rings is 2. The van der Waals surface area contributed by atoms with Gasteiger partial charge in [0.05, 0.1) is 29.1 Å². The first kappa shape index (κ1) is 18.2. The Morgan fingerprint density at radius 1 is 1.03 bits per heavy atom. The summed E-state index contributed by atoms with van der Waals surface area (Å²) in [5.41, 5.74) is 3.33. The Hall–Kier alpha value is -4.20. The van der Waals surface area contributed by atoms with Gasteiger partial charge in [0, 0.05) is 41.7 Å². The summed E-state index contributed by atoms with van der Waals surface area (Å²) in [5, 5.41) is 26.1. The highest BCUT2D eigenvalue weighted by Crippen LogP contribution is 2.36. The maximum Gasteiger partial charge on any atom is 0.269 e. The number of ether oxygens (including phenoxy) is 1. The van der Waals surface area contributed by atoms with Crippen LogP contribution in [0.25, 0.3) is 28.2 Å². The summed E-state index contributed by atoms with van der Waals surface area (Å²) >= 11 is 0. The number of non-ortho nitro benzene ring substituents is 1. The van der Waals surface area contributed by atoms with E-state index in [1.807, 2.05) is 18.2 Å². The molecule has 0 bridgehead atoms. The Morgan fingerprint density at radius 3 is 2.38 bits per heavy atom. The Morgan fingerprint density at radius 2 is 1.76 bits per heavy atom. The van der Waals surface area contributed by atoms with E-state index in [1.165, 1.54) is 25.3 Å². The fourth-order valence-corrected chi connectivity index (χ4v) is 3.00. The molecule has 8 heteroatoms. The molecule has 2 aromatic carbocycles. The van der Waals surface area contributed by atoms with E-state index in [9.17, 15) is 15.2 Å². The number of methoxy groups -OCH3 is 1. The minimum atomic E-state index is -0.453. The molecule has 4 rings (SSSR count). The monoisotopic (exact) mass is 388 g/mol. The van der Waals surface area contributed by atoms with Crippen LogP contribution in [0.2, 0.25) is 0 Å².